The maximum atomic E-state index is 14.9. The lowest BCUT2D eigenvalue weighted by molar-refractivity contribution is -0.187. The number of carbonyl (C=O) groups excluding carboxylic acids is 2. The van der Waals surface area contributed by atoms with E-state index < -0.39 is 35.7 Å². The third kappa shape index (κ3) is 9.51. The summed E-state index contributed by atoms with van der Waals surface area (Å²) in [6, 6.07) is 17.8. The second-order valence-electron chi connectivity index (χ2n) is 22.6. The molecule has 7 aliphatic rings. The third-order valence-electron chi connectivity index (χ3n) is 19.0. The van der Waals surface area contributed by atoms with Gasteiger partial charge in [-0.05, 0) is 176 Å². The normalized spacial score (nSPS) is 35.4. The van der Waals surface area contributed by atoms with Crippen LogP contribution in [0.2, 0.25) is 0 Å². The zero-order valence-electron chi connectivity index (χ0n) is 41.9. The van der Waals surface area contributed by atoms with Gasteiger partial charge in [0.15, 0.2) is 17.3 Å². The molecule has 13 heteroatoms. The summed E-state index contributed by atoms with van der Waals surface area (Å²) >= 11 is 0. The Morgan fingerprint density at radius 2 is 1.76 bits per heavy atom. The number of ether oxygens (including phenoxy) is 1. The van der Waals surface area contributed by atoms with Gasteiger partial charge in [-0.3, -0.25) is 9.59 Å². The van der Waals surface area contributed by atoms with E-state index in [1.807, 2.05) is 18.2 Å². The molecule has 13 nitrogen and oxygen atoms in total. The number of phenolic OH excluding ortho intramolecular Hbond substituents is 1. The minimum atomic E-state index is -1.39. The highest BCUT2D eigenvalue weighted by Crippen LogP contribution is 2.62. The molecule has 2 heterocycles. The fourth-order valence-corrected chi connectivity index (χ4v) is 15.8. The van der Waals surface area contributed by atoms with Crippen LogP contribution in [0.25, 0.3) is 10.8 Å². The lowest BCUT2D eigenvalue weighted by Crippen LogP contribution is -2.69. The van der Waals surface area contributed by atoms with Crippen LogP contribution in [-0.4, -0.2) is 113 Å². The number of piperidine rings is 1. The average molecular weight is 985 g/mol. The third-order valence-corrected chi connectivity index (χ3v) is 19.0. The summed E-state index contributed by atoms with van der Waals surface area (Å²) in [6.07, 6.45) is 3.90. The molecule has 4 saturated carbocycles. The molecular weight excluding hydrogens is 909 g/mol. The lowest BCUT2D eigenvalue weighted by atomic mass is 9.42. The van der Waals surface area contributed by atoms with Crippen molar-refractivity contribution in [1.82, 2.24) is 16.0 Å². The number of aryl methyl sites for hydroxylation is 1. The number of carbonyl (C=O) groups is 2. The molecule has 3 aromatic rings. The number of allylic oxidation sites excluding steroid dienone is 2. The molecule has 0 bridgehead atoms. The van der Waals surface area contributed by atoms with E-state index in [1.165, 1.54) is 7.11 Å². The number of hydrogen-bond donors (Lipinski definition) is 10. The fourth-order valence-electron chi connectivity index (χ4n) is 15.8. The van der Waals surface area contributed by atoms with Gasteiger partial charge in [0.25, 0.3) is 0 Å². The number of phenols is 1. The van der Waals surface area contributed by atoms with Gasteiger partial charge in [-0.1, -0.05) is 67.3 Å². The van der Waals surface area contributed by atoms with E-state index in [9.17, 15) is 40.2 Å². The van der Waals surface area contributed by atoms with Crippen LogP contribution in [0.1, 0.15) is 99.7 Å². The highest BCUT2D eigenvalue weighted by molar-refractivity contribution is 5.89. The predicted molar refractivity (Wildman–Crippen MR) is 275 cm³/mol. The van der Waals surface area contributed by atoms with Crippen LogP contribution < -0.4 is 26.4 Å². The number of Topliss-reactive ketones (excluding diaryl/α,β-unsaturated/α-hetero) is 2. The first-order chi connectivity index (χ1) is 34.8. The average Bonchev–Trinajstić information content (AvgIpc) is 3.42. The Labute approximate surface area is 424 Å². The summed E-state index contributed by atoms with van der Waals surface area (Å²) in [5, 5.41) is 83.7. The first-order valence-electron chi connectivity index (χ1n) is 27.0. The molecule has 10 rings (SSSR count). The van der Waals surface area contributed by atoms with Crippen molar-refractivity contribution in [2.75, 3.05) is 39.9 Å². The monoisotopic (exact) mass is 985 g/mol. The van der Waals surface area contributed by atoms with Gasteiger partial charge < -0.3 is 57.1 Å². The Bertz CT molecular complexity index is 2620. The second kappa shape index (κ2) is 21.2. The van der Waals surface area contributed by atoms with E-state index in [4.69, 9.17) is 10.5 Å². The smallest absolute Gasteiger partial charge is 0.160 e. The summed E-state index contributed by atoms with van der Waals surface area (Å²) < 4.78 is 5.54. The first-order valence-corrected chi connectivity index (χ1v) is 27.0. The molecular formula is C59H76N4O9. The predicted octanol–water partition coefficient (Wildman–Crippen LogP) is 4.95. The highest BCUT2D eigenvalue weighted by atomic mass is 16.5. The quantitative estimate of drug-likeness (QED) is 0.0967. The maximum Gasteiger partial charge on any atom is 0.160 e. The van der Waals surface area contributed by atoms with Crippen molar-refractivity contribution < 1.29 is 45.0 Å². The summed E-state index contributed by atoms with van der Waals surface area (Å²) in [7, 11) is 1.47. The SMILES string of the molecule is CCNCC1C(C2CCC3(C#CC(CC(O)C(O)CC(C4=CCNC(N)=C4)c4ccc5ccccc5c4)c4cc(O)c(OC)cc4CCC3=O)C(O)C2)C(CCO)C2CNC3CC(=O)CC4CC(O)C1C2C43. The summed E-state index contributed by atoms with van der Waals surface area (Å²) in [5.41, 5.74) is 8.16. The number of aliphatic hydroxyl groups is 5. The number of nitrogens with one attached hydrogen (secondary N) is 3. The molecule has 11 N–H and O–H groups in total. The number of fused-ring (bicyclic) bond motifs is 2. The zero-order chi connectivity index (χ0) is 50.4. The Kier molecular flexibility index (Phi) is 15.0. The minimum Gasteiger partial charge on any atom is -0.504 e. The molecule has 5 aliphatic carbocycles. The Hall–Kier alpha value is -4.78. The summed E-state index contributed by atoms with van der Waals surface area (Å²) in [5.74, 6) is 7.66. The van der Waals surface area contributed by atoms with Gasteiger partial charge in [0.2, 0.25) is 0 Å². The van der Waals surface area contributed by atoms with Crippen LogP contribution in [-0.2, 0) is 16.0 Å². The van der Waals surface area contributed by atoms with Crippen molar-refractivity contribution in [2.45, 2.75) is 120 Å². The van der Waals surface area contributed by atoms with Gasteiger partial charge in [-0.15, -0.1) is 0 Å². The van der Waals surface area contributed by atoms with Gasteiger partial charge in [0, 0.05) is 50.3 Å². The number of benzene rings is 3. The van der Waals surface area contributed by atoms with E-state index in [0.29, 0.717) is 75.3 Å². The molecule has 1 saturated heterocycles. The number of aliphatic hydroxyl groups excluding tert-OH is 5. The molecule has 0 amide bonds. The van der Waals surface area contributed by atoms with E-state index in [0.717, 1.165) is 40.6 Å². The molecule has 2 aliphatic heterocycles. The van der Waals surface area contributed by atoms with Crippen LogP contribution in [0, 0.1) is 70.5 Å². The van der Waals surface area contributed by atoms with Crippen molar-refractivity contribution in [2.24, 2.45) is 64.4 Å². The van der Waals surface area contributed by atoms with Crippen molar-refractivity contribution in [3.05, 3.63) is 94.8 Å². The lowest BCUT2D eigenvalue weighted by Gasteiger charge is -2.65. The number of aromatic hydroxyl groups is 1. The number of ketones is 2. The van der Waals surface area contributed by atoms with Gasteiger partial charge >= 0.3 is 0 Å². The number of dihydropyridines is 1. The Morgan fingerprint density at radius 1 is 0.944 bits per heavy atom. The van der Waals surface area contributed by atoms with E-state index in [1.54, 1.807) is 12.1 Å². The molecule has 0 aromatic heterocycles. The van der Waals surface area contributed by atoms with E-state index in [2.05, 4.69) is 71.1 Å². The maximum absolute atomic E-state index is 14.9. The topological polar surface area (TPSA) is 227 Å². The van der Waals surface area contributed by atoms with Crippen LogP contribution in [0.5, 0.6) is 11.5 Å². The second-order valence-corrected chi connectivity index (χ2v) is 22.6. The molecule has 5 fully saturated rings. The van der Waals surface area contributed by atoms with E-state index >= 15 is 0 Å². The number of nitrogens with two attached hydrogens (primary N) is 1. The molecule has 17 atom stereocenters. The molecule has 0 radical (unpaired) electrons. The zero-order valence-corrected chi connectivity index (χ0v) is 41.9. The first kappa shape index (κ1) is 50.7. The Morgan fingerprint density at radius 3 is 2.53 bits per heavy atom. The van der Waals surface area contributed by atoms with Crippen LogP contribution in [0.3, 0.4) is 0 Å². The van der Waals surface area contributed by atoms with Crippen molar-refractivity contribution in [3.63, 3.8) is 0 Å². The fraction of sp³-hybridized carbons (Fsp3) is 0.593. The van der Waals surface area contributed by atoms with Gasteiger partial charge in [0.1, 0.15) is 11.2 Å². The molecule has 72 heavy (non-hydrogen) atoms. The number of methoxy groups -OCH3 is 1. The van der Waals surface area contributed by atoms with Gasteiger partial charge in [-0.25, -0.2) is 0 Å². The van der Waals surface area contributed by atoms with E-state index in [-0.39, 0.29) is 115 Å². The van der Waals surface area contributed by atoms with Gasteiger partial charge in [0.05, 0.1) is 37.3 Å². The minimum absolute atomic E-state index is 0.00680. The number of rotatable bonds is 14. The van der Waals surface area contributed by atoms with Crippen molar-refractivity contribution in [3.8, 4) is 23.3 Å². The largest absolute Gasteiger partial charge is 0.504 e. The summed E-state index contributed by atoms with van der Waals surface area (Å²) in [4.78, 5) is 27.8. The van der Waals surface area contributed by atoms with Crippen molar-refractivity contribution >= 4 is 22.3 Å². The highest BCUT2D eigenvalue weighted by Gasteiger charge is 2.63. The molecule has 1 spiro atoms. The number of hydrogen-bond acceptors (Lipinski definition) is 13. The molecule has 386 valence electrons. The Balaban J connectivity index is 0.952. The molecule has 3 aromatic carbocycles. The van der Waals surface area contributed by atoms with Gasteiger partial charge in [-0.2, -0.15) is 0 Å². The summed E-state index contributed by atoms with van der Waals surface area (Å²) in [6.45, 7) is 4.84. The standard InChI is InChI=1S/C59H76N4O9/c1-3-61-30-45-55(41(15-19-64)44-31-63-46-27-40(65)21-39-23-50(69)57(45)58(44)56(39)46)38-13-17-59(53(71)25-38)16-12-36(43-29-49(68)51(72-2)24-35(43)10-11-52(59)70)22-47(66)48(67)28-42(37-14-18-62-54(60)26-37)34-9-8-32-6-4-5-7-33(32)20-34/h4-9,14,20,24,26,29,36,38-39,41-42,44-48,50,53,55-58,61-64,66-69,71H,3,10-11,13,15,17-19,21-23,25,27-28,30-31,60H2,1-2H3. The van der Waals surface area contributed by atoms with Crippen molar-refractivity contribution in [1.29, 1.82) is 0 Å². The van der Waals surface area contributed by atoms with Crippen LogP contribution in [0.15, 0.2) is 78.1 Å². The van der Waals surface area contributed by atoms with Crippen LogP contribution in [0.4, 0.5) is 0 Å². The van der Waals surface area contributed by atoms with Crippen LogP contribution >= 0.6 is 0 Å². The molecule has 17 unspecified atom stereocenters.